The van der Waals surface area contributed by atoms with E-state index < -0.39 is 5.92 Å². The van der Waals surface area contributed by atoms with Crippen molar-refractivity contribution in [2.45, 2.75) is 0 Å². The third-order valence-corrected chi connectivity index (χ3v) is 4.03. The van der Waals surface area contributed by atoms with Crippen LogP contribution in [-0.4, -0.2) is 22.2 Å². The molecule has 7 heteroatoms. The normalized spacial score (nSPS) is 21.9. The number of aliphatic imine (C=N–C) groups is 1. The lowest BCUT2D eigenvalue weighted by Gasteiger charge is -2.28. The Labute approximate surface area is 144 Å². The molecule has 3 rings (SSSR count). The number of rotatable bonds is 2. The molecule has 1 atom stereocenters. The van der Waals surface area contributed by atoms with Crippen molar-refractivity contribution < 1.29 is 0 Å². The fraction of sp³-hybridized carbons (Fsp3) is 0.0556. The molecule has 1 aromatic rings. The quantitative estimate of drug-likeness (QED) is 0.610. The number of hydrogen-bond acceptors (Lipinski definition) is 7. The van der Waals surface area contributed by atoms with Crippen LogP contribution in [-0.2, 0) is 0 Å². The molecule has 7 nitrogen and oxygen atoms in total. The first-order chi connectivity index (χ1) is 12.1. The van der Waals surface area contributed by atoms with Crippen molar-refractivity contribution in [2.24, 2.45) is 22.4 Å². The van der Waals surface area contributed by atoms with E-state index >= 15 is 0 Å². The highest BCUT2D eigenvalue weighted by molar-refractivity contribution is 6.51. The van der Waals surface area contributed by atoms with Crippen molar-refractivity contribution in [3.05, 3.63) is 71.2 Å². The van der Waals surface area contributed by atoms with E-state index in [0.29, 0.717) is 28.0 Å². The van der Waals surface area contributed by atoms with Crippen molar-refractivity contribution in [2.75, 3.05) is 0 Å². The molecule has 2 aliphatic rings. The van der Waals surface area contributed by atoms with Gasteiger partial charge in [0.05, 0.1) is 34.7 Å². The summed E-state index contributed by atoms with van der Waals surface area (Å²) in [6.45, 7) is 0. The summed E-state index contributed by atoms with van der Waals surface area (Å²) in [7, 11) is 0. The third kappa shape index (κ3) is 2.66. The van der Waals surface area contributed by atoms with Crippen LogP contribution < -0.4 is 11.5 Å². The van der Waals surface area contributed by atoms with Gasteiger partial charge in [0.15, 0.2) is 0 Å². The Morgan fingerprint density at radius 3 is 2.76 bits per heavy atom. The second-order valence-electron chi connectivity index (χ2n) is 5.44. The molecule has 1 aromatic heterocycles. The van der Waals surface area contributed by atoms with Crippen LogP contribution in [0, 0.1) is 28.1 Å². The summed E-state index contributed by atoms with van der Waals surface area (Å²) in [5, 5.41) is 25.9. The maximum Gasteiger partial charge on any atom is 0.129 e. The zero-order valence-corrected chi connectivity index (χ0v) is 13.2. The first kappa shape index (κ1) is 16.1. The zero-order chi connectivity index (χ0) is 18.0. The molecule has 1 aliphatic carbocycles. The lowest BCUT2D eigenvalue weighted by atomic mass is 9.77. The van der Waals surface area contributed by atoms with E-state index in [9.17, 15) is 5.26 Å². The summed E-state index contributed by atoms with van der Waals surface area (Å²) in [4.78, 5) is 8.40. The number of amidine groups is 1. The SMILES string of the molecule is N#CC1=C(c2cccnc2)N=C(N)/C(=C\N)C1C1=CC=CC(=N)C1=N. The van der Waals surface area contributed by atoms with Crippen LogP contribution in [0.3, 0.4) is 0 Å². The zero-order valence-electron chi connectivity index (χ0n) is 13.2. The van der Waals surface area contributed by atoms with Gasteiger partial charge in [0, 0.05) is 29.7 Å². The van der Waals surface area contributed by atoms with Crippen LogP contribution in [0.4, 0.5) is 0 Å². The molecule has 25 heavy (non-hydrogen) atoms. The first-order valence-corrected chi connectivity index (χ1v) is 7.45. The summed E-state index contributed by atoms with van der Waals surface area (Å²) < 4.78 is 0. The standard InChI is InChI=1S/C18H15N7/c19-7-12-15(11-4-1-5-14(21)16(11)22)13(8-20)18(23)25-17(12)10-3-2-6-24-9-10/h1-6,8-9,15,21-22H,20H2,(H2,23,25)/b13-8-,21-14?,22-16?. The highest BCUT2D eigenvalue weighted by Crippen LogP contribution is 2.38. The van der Waals surface area contributed by atoms with Crippen LogP contribution in [0.5, 0.6) is 0 Å². The van der Waals surface area contributed by atoms with E-state index in [2.05, 4.69) is 16.0 Å². The van der Waals surface area contributed by atoms with Gasteiger partial charge in [0.2, 0.25) is 0 Å². The summed E-state index contributed by atoms with van der Waals surface area (Å²) in [6, 6.07) is 5.71. The Kier molecular flexibility index (Phi) is 4.10. The molecule has 0 saturated carbocycles. The molecule has 1 aliphatic heterocycles. The van der Waals surface area contributed by atoms with Crippen molar-refractivity contribution >= 4 is 23.0 Å². The third-order valence-electron chi connectivity index (χ3n) is 4.03. The first-order valence-electron chi connectivity index (χ1n) is 7.45. The van der Waals surface area contributed by atoms with Crippen LogP contribution >= 0.6 is 0 Å². The Morgan fingerprint density at radius 2 is 2.12 bits per heavy atom. The minimum Gasteiger partial charge on any atom is -0.404 e. The van der Waals surface area contributed by atoms with E-state index in [1.54, 1.807) is 36.7 Å². The number of aromatic nitrogens is 1. The van der Waals surface area contributed by atoms with Crippen LogP contribution in [0.1, 0.15) is 5.56 Å². The topological polar surface area (TPSA) is 149 Å². The molecular formula is C18H15N7. The monoisotopic (exact) mass is 329 g/mol. The summed E-state index contributed by atoms with van der Waals surface area (Å²) in [5.74, 6) is -0.472. The van der Waals surface area contributed by atoms with E-state index in [4.69, 9.17) is 22.3 Å². The molecule has 0 spiro atoms. The summed E-state index contributed by atoms with van der Waals surface area (Å²) >= 11 is 0. The second-order valence-corrected chi connectivity index (χ2v) is 5.44. The average molecular weight is 329 g/mol. The Morgan fingerprint density at radius 1 is 1.32 bits per heavy atom. The highest BCUT2D eigenvalue weighted by Gasteiger charge is 2.35. The molecule has 0 aromatic carbocycles. The van der Waals surface area contributed by atoms with Crippen LogP contribution in [0.15, 0.2) is 70.7 Å². The Hall–Kier alpha value is -3.79. The predicted octanol–water partition coefficient (Wildman–Crippen LogP) is 1.68. The lowest BCUT2D eigenvalue weighted by Crippen LogP contribution is -2.32. The number of nitrogens with two attached hydrogens (primary N) is 2. The van der Waals surface area contributed by atoms with Crippen molar-refractivity contribution in [3.63, 3.8) is 0 Å². The van der Waals surface area contributed by atoms with Gasteiger partial charge < -0.3 is 11.5 Å². The smallest absolute Gasteiger partial charge is 0.129 e. The van der Waals surface area contributed by atoms with Crippen molar-refractivity contribution in [1.29, 1.82) is 16.1 Å². The lowest BCUT2D eigenvalue weighted by molar-refractivity contribution is 0.912. The minimum atomic E-state index is -0.652. The summed E-state index contributed by atoms with van der Waals surface area (Å²) in [6.07, 6.45) is 9.42. The van der Waals surface area contributed by atoms with Gasteiger partial charge in [-0.25, -0.2) is 4.99 Å². The molecule has 1 unspecified atom stereocenters. The van der Waals surface area contributed by atoms with Gasteiger partial charge in [-0.1, -0.05) is 12.2 Å². The van der Waals surface area contributed by atoms with Crippen molar-refractivity contribution in [3.8, 4) is 6.07 Å². The molecule has 0 amide bonds. The van der Waals surface area contributed by atoms with E-state index in [1.165, 1.54) is 12.3 Å². The second kappa shape index (κ2) is 6.37. The Balaban J connectivity index is 2.26. The van der Waals surface area contributed by atoms with Gasteiger partial charge in [0.25, 0.3) is 0 Å². The number of hydrogen-bond donors (Lipinski definition) is 4. The van der Waals surface area contributed by atoms with Gasteiger partial charge in [-0.3, -0.25) is 15.8 Å². The number of nitriles is 1. The molecule has 2 heterocycles. The average Bonchev–Trinajstić information content (AvgIpc) is 2.64. The van der Waals surface area contributed by atoms with Gasteiger partial charge in [-0.05, 0) is 23.8 Å². The minimum absolute atomic E-state index is 0.0276. The molecule has 122 valence electrons. The number of nitrogens with zero attached hydrogens (tertiary/aromatic N) is 3. The molecular weight excluding hydrogens is 314 g/mol. The summed E-state index contributed by atoms with van der Waals surface area (Å²) in [5.41, 5.74) is 14.2. The van der Waals surface area contributed by atoms with Crippen LogP contribution in [0.2, 0.25) is 0 Å². The fourth-order valence-corrected chi connectivity index (χ4v) is 2.84. The van der Waals surface area contributed by atoms with E-state index in [0.717, 1.165) is 0 Å². The number of nitrogens with one attached hydrogen (secondary N) is 2. The van der Waals surface area contributed by atoms with Gasteiger partial charge in [-0.15, -0.1) is 0 Å². The van der Waals surface area contributed by atoms with E-state index in [1.807, 2.05) is 0 Å². The predicted molar refractivity (Wildman–Crippen MR) is 96.8 cm³/mol. The number of allylic oxidation sites excluding steroid dienone is 5. The number of pyridine rings is 1. The van der Waals surface area contributed by atoms with Crippen molar-refractivity contribution in [1.82, 2.24) is 4.98 Å². The maximum absolute atomic E-state index is 9.80. The Bertz CT molecular complexity index is 953. The molecule has 0 bridgehead atoms. The molecule has 0 saturated heterocycles. The van der Waals surface area contributed by atoms with Gasteiger partial charge in [-0.2, -0.15) is 5.26 Å². The van der Waals surface area contributed by atoms with Gasteiger partial charge in [0.1, 0.15) is 5.84 Å². The molecule has 0 fully saturated rings. The maximum atomic E-state index is 9.80. The highest BCUT2D eigenvalue weighted by atomic mass is 14.9. The largest absolute Gasteiger partial charge is 0.404 e. The molecule has 0 radical (unpaired) electrons. The van der Waals surface area contributed by atoms with Crippen LogP contribution in [0.25, 0.3) is 5.70 Å². The molecule has 6 N–H and O–H groups in total. The van der Waals surface area contributed by atoms with Gasteiger partial charge >= 0.3 is 0 Å². The van der Waals surface area contributed by atoms with E-state index in [-0.39, 0.29) is 17.3 Å². The fourth-order valence-electron chi connectivity index (χ4n) is 2.84.